The molecule has 9 heteroatoms. The molecule has 0 radical (unpaired) electrons. The van der Waals surface area contributed by atoms with E-state index < -0.39 is 17.2 Å². The van der Waals surface area contributed by atoms with E-state index in [0.29, 0.717) is 19.0 Å². The summed E-state index contributed by atoms with van der Waals surface area (Å²) in [5.41, 5.74) is 0.0921. The number of hydrogen-bond donors (Lipinski definition) is 3. The molecule has 0 aliphatic heterocycles. The molecule has 0 saturated heterocycles. The number of alkyl carbamates (subject to hydrolysis) is 1. The first-order valence-electron chi connectivity index (χ1n) is 10.1. The molecule has 0 saturated carbocycles. The van der Waals surface area contributed by atoms with E-state index in [1.54, 1.807) is 14.2 Å². The molecule has 1 unspecified atom stereocenters. The molecule has 0 aliphatic carbocycles. The van der Waals surface area contributed by atoms with Gasteiger partial charge in [-0.3, -0.25) is 4.99 Å². The molecule has 0 aromatic heterocycles. The predicted molar refractivity (Wildman–Crippen MR) is 138 cm³/mol. The molecule has 0 bridgehead atoms. The number of rotatable bonds is 8. The summed E-state index contributed by atoms with van der Waals surface area (Å²) in [6, 6.07) is 8.17. The summed E-state index contributed by atoms with van der Waals surface area (Å²) in [4.78, 5) is 18.5. The highest BCUT2D eigenvalue weighted by Gasteiger charge is 2.25. The van der Waals surface area contributed by atoms with Gasteiger partial charge in [-0.05, 0) is 66.4 Å². The third-order valence-corrected chi connectivity index (χ3v) is 4.33. The number of aliphatic imine (C=N–C) groups is 1. The van der Waals surface area contributed by atoms with Crippen LogP contribution in [0.15, 0.2) is 29.3 Å². The molecule has 0 fully saturated rings. The molecular formula is C22H40IN5O3. The fraction of sp³-hybridized carbons (Fsp3) is 0.636. The van der Waals surface area contributed by atoms with Gasteiger partial charge in [0.05, 0.1) is 18.7 Å². The minimum absolute atomic E-state index is 0. The van der Waals surface area contributed by atoms with E-state index in [-0.39, 0.29) is 30.0 Å². The van der Waals surface area contributed by atoms with Gasteiger partial charge >= 0.3 is 6.09 Å². The van der Waals surface area contributed by atoms with E-state index in [1.165, 1.54) is 0 Å². The van der Waals surface area contributed by atoms with Crippen LogP contribution < -0.4 is 20.7 Å². The monoisotopic (exact) mass is 549 g/mol. The Balaban J connectivity index is 0.00000900. The highest BCUT2D eigenvalue weighted by molar-refractivity contribution is 14.0. The average molecular weight is 549 g/mol. The van der Waals surface area contributed by atoms with Crippen molar-refractivity contribution in [1.82, 2.24) is 20.9 Å². The number of nitrogens with zero attached hydrogens (tertiary/aromatic N) is 2. The van der Waals surface area contributed by atoms with Gasteiger partial charge in [0, 0.05) is 20.1 Å². The quantitative estimate of drug-likeness (QED) is 0.262. The molecule has 1 amide bonds. The van der Waals surface area contributed by atoms with Gasteiger partial charge in [0.25, 0.3) is 0 Å². The largest absolute Gasteiger partial charge is 0.497 e. The average Bonchev–Trinajstić information content (AvgIpc) is 2.62. The van der Waals surface area contributed by atoms with Crippen LogP contribution in [0.3, 0.4) is 0 Å². The minimum atomic E-state index is -0.535. The fourth-order valence-corrected chi connectivity index (χ4v) is 2.79. The summed E-state index contributed by atoms with van der Waals surface area (Å²) < 4.78 is 10.7. The fourth-order valence-electron chi connectivity index (χ4n) is 2.79. The van der Waals surface area contributed by atoms with Gasteiger partial charge in [-0.1, -0.05) is 12.1 Å². The minimum Gasteiger partial charge on any atom is -0.497 e. The zero-order chi connectivity index (χ0) is 22.9. The van der Waals surface area contributed by atoms with Gasteiger partial charge in [0.2, 0.25) is 0 Å². The smallest absolute Gasteiger partial charge is 0.408 e. The van der Waals surface area contributed by atoms with Crippen LogP contribution in [0.25, 0.3) is 0 Å². The van der Waals surface area contributed by atoms with Crippen LogP contribution in [0.1, 0.15) is 46.2 Å². The number of ether oxygens (including phenoxy) is 2. The summed E-state index contributed by atoms with van der Waals surface area (Å²) >= 11 is 0. The molecule has 178 valence electrons. The molecule has 1 rings (SSSR count). The number of halogens is 1. The lowest BCUT2D eigenvalue weighted by atomic mass is 10.1. The number of guanidine groups is 1. The lowest BCUT2D eigenvalue weighted by Gasteiger charge is -2.30. The molecule has 0 spiro atoms. The topological polar surface area (TPSA) is 87.2 Å². The Hall–Kier alpha value is -1.75. The molecule has 0 aliphatic rings. The maximum atomic E-state index is 12.1. The number of methoxy groups -OCH3 is 1. The number of hydrogen-bond acceptors (Lipinski definition) is 5. The van der Waals surface area contributed by atoms with Gasteiger partial charge in [-0.15, -0.1) is 24.0 Å². The van der Waals surface area contributed by atoms with Gasteiger partial charge in [0.15, 0.2) is 5.96 Å². The Morgan fingerprint density at radius 1 is 1.16 bits per heavy atom. The molecule has 0 heterocycles. The highest BCUT2D eigenvalue weighted by Crippen LogP contribution is 2.22. The van der Waals surface area contributed by atoms with E-state index in [4.69, 9.17) is 9.47 Å². The third-order valence-electron chi connectivity index (χ3n) is 4.33. The maximum absolute atomic E-state index is 12.1. The van der Waals surface area contributed by atoms with E-state index in [9.17, 15) is 4.79 Å². The van der Waals surface area contributed by atoms with Gasteiger partial charge in [-0.2, -0.15) is 0 Å². The molecule has 31 heavy (non-hydrogen) atoms. The van der Waals surface area contributed by atoms with Crippen molar-refractivity contribution in [3.8, 4) is 5.75 Å². The second-order valence-corrected chi connectivity index (χ2v) is 9.07. The SMILES string of the molecule is CN=C(NCC(c1cccc(OC)c1)N(C)C)NCC(C)(C)NC(=O)OC(C)(C)C.I. The van der Waals surface area contributed by atoms with Gasteiger partial charge < -0.3 is 30.3 Å². The number of nitrogens with one attached hydrogen (secondary N) is 3. The Bertz CT molecular complexity index is 717. The van der Waals surface area contributed by atoms with Crippen molar-refractivity contribution >= 4 is 36.0 Å². The number of carbonyl (C=O) groups is 1. The normalized spacial score (nSPS) is 13.2. The Kier molecular flexibility index (Phi) is 12.2. The summed E-state index contributed by atoms with van der Waals surface area (Å²) in [6.07, 6.45) is -0.442. The van der Waals surface area contributed by atoms with E-state index in [1.807, 2.05) is 66.9 Å². The summed E-state index contributed by atoms with van der Waals surface area (Å²) in [7, 11) is 7.46. The van der Waals surface area contributed by atoms with E-state index >= 15 is 0 Å². The van der Waals surface area contributed by atoms with Crippen LogP contribution in [0.5, 0.6) is 5.75 Å². The van der Waals surface area contributed by atoms with Crippen molar-refractivity contribution in [3.63, 3.8) is 0 Å². The molecule has 1 aromatic rings. The van der Waals surface area contributed by atoms with Gasteiger partial charge in [0.1, 0.15) is 11.4 Å². The lowest BCUT2D eigenvalue weighted by molar-refractivity contribution is 0.0474. The molecule has 3 N–H and O–H groups in total. The zero-order valence-electron chi connectivity index (χ0n) is 20.3. The first-order valence-corrected chi connectivity index (χ1v) is 10.1. The highest BCUT2D eigenvalue weighted by atomic mass is 127. The van der Waals surface area contributed by atoms with Crippen molar-refractivity contribution in [2.45, 2.75) is 51.8 Å². The van der Waals surface area contributed by atoms with Crippen LogP contribution >= 0.6 is 24.0 Å². The summed E-state index contributed by atoms with van der Waals surface area (Å²) in [6.45, 7) is 10.5. The number of carbonyl (C=O) groups excluding carboxylic acids is 1. The van der Waals surface area contributed by atoms with Crippen molar-refractivity contribution in [3.05, 3.63) is 29.8 Å². The number of amides is 1. The second-order valence-electron chi connectivity index (χ2n) is 9.07. The van der Waals surface area contributed by atoms with Crippen molar-refractivity contribution in [2.24, 2.45) is 4.99 Å². The van der Waals surface area contributed by atoms with Crippen molar-refractivity contribution in [2.75, 3.05) is 41.3 Å². The first kappa shape index (κ1) is 29.2. The Labute approximate surface area is 204 Å². The zero-order valence-corrected chi connectivity index (χ0v) is 22.7. The molecule has 1 aromatic carbocycles. The van der Waals surface area contributed by atoms with Crippen LogP contribution in [-0.2, 0) is 4.74 Å². The Morgan fingerprint density at radius 2 is 1.81 bits per heavy atom. The third kappa shape index (κ3) is 11.4. The molecule has 8 nitrogen and oxygen atoms in total. The second kappa shape index (κ2) is 12.9. The predicted octanol–water partition coefficient (Wildman–Crippen LogP) is 3.38. The number of benzene rings is 1. The van der Waals surface area contributed by atoms with Gasteiger partial charge in [-0.25, -0.2) is 4.79 Å². The van der Waals surface area contributed by atoms with Crippen molar-refractivity contribution < 1.29 is 14.3 Å². The molecular weight excluding hydrogens is 509 g/mol. The van der Waals surface area contributed by atoms with Crippen LogP contribution in [-0.4, -0.2) is 69.4 Å². The summed E-state index contributed by atoms with van der Waals surface area (Å²) in [5, 5.41) is 9.52. The standard InChI is InChI=1S/C22H39N5O3.HI/c1-21(2,3)30-20(28)26-22(4,5)15-25-19(23-6)24-14-18(27(7)8)16-11-10-12-17(13-16)29-9;/h10-13,18H,14-15H2,1-9H3,(H,26,28)(H2,23,24,25);1H. The summed E-state index contributed by atoms with van der Waals surface area (Å²) in [5.74, 6) is 1.49. The lowest BCUT2D eigenvalue weighted by Crippen LogP contribution is -2.54. The van der Waals surface area contributed by atoms with E-state index in [2.05, 4.69) is 31.9 Å². The Morgan fingerprint density at radius 3 is 2.32 bits per heavy atom. The van der Waals surface area contributed by atoms with Crippen LogP contribution in [0.4, 0.5) is 4.79 Å². The van der Waals surface area contributed by atoms with E-state index in [0.717, 1.165) is 11.3 Å². The first-order chi connectivity index (χ1) is 13.9. The number of likely N-dealkylation sites (N-methyl/N-ethyl adjacent to an activating group) is 1. The van der Waals surface area contributed by atoms with Crippen molar-refractivity contribution in [1.29, 1.82) is 0 Å². The van der Waals surface area contributed by atoms with Crippen LogP contribution in [0, 0.1) is 0 Å². The molecule has 1 atom stereocenters. The maximum Gasteiger partial charge on any atom is 0.408 e. The van der Waals surface area contributed by atoms with Crippen LogP contribution in [0.2, 0.25) is 0 Å².